The molecule has 0 saturated heterocycles. The predicted octanol–water partition coefficient (Wildman–Crippen LogP) is 4.28. The molecule has 2 heteroatoms. The monoisotopic (exact) mass is 283 g/mol. The third kappa shape index (κ3) is 4.61. The summed E-state index contributed by atoms with van der Waals surface area (Å²) in [5, 5.41) is 0. The van der Waals surface area contributed by atoms with Gasteiger partial charge in [0.05, 0.1) is 7.11 Å². The molecule has 1 unspecified atom stereocenters. The van der Waals surface area contributed by atoms with Crippen LogP contribution < -0.4 is 10.5 Å². The van der Waals surface area contributed by atoms with Gasteiger partial charge in [-0.2, -0.15) is 0 Å². The van der Waals surface area contributed by atoms with E-state index in [0.29, 0.717) is 0 Å². The molecular formula is C19H25NO. The van der Waals surface area contributed by atoms with Crippen molar-refractivity contribution in [2.75, 3.05) is 7.11 Å². The standard InChI is InChI=1S/C19H25NO/c1-3-4-15-5-10-17(11-6-15)19(20)14-9-16-7-12-18(21-2)13-8-16/h5-8,10-13,19H,3-4,9,14,20H2,1-2H3. The average molecular weight is 283 g/mol. The van der Waals surface area contributed by atoms with Gasteiger partial charge in [0.15, 0.2) is 0 Å². The number of ether oxygens (including phenoxy) is 1. The molecule has 0 amide bonds. The largest absolute Gasteiger partial charge is 0.497 e. The maximum Gasteiger partial charge on any atom is 0.118 e. The van der Waals surface area contributed by atoms with Crippen LogP contribution in [0, 0.1) is 0 Å². The second kappa shape index (κ2) is 7.84. The molecule has 0 aromatic heterocycles. The van der Waals surface area contributed by atoms with Gasteiger partial charge >= 0.3 is 0 Å². The van der Waals surface area contributed by atoms with Crippen LogP contribution in [0.4, 0.5) is 0 Å². The molecule has 21 heavy (non-hydrogen) atoms. The Morgan fingerprint density at radius 2 is 1.48 bits per heavy atom. The molecule has 0 bridgehead atoms. The molecule has 2 aromatic carbocycles. The Kier molecular flexibility index (Phi) is 5.82. The number of benzene rings is 2. The Morgan fingerprint density at radius 1 is 0.905 bits per heavy atom. The summed E-state index contributed by atoms with van der Waals surface area (Å²) in [4.78, 5) is 0. The SMILES string of the molecule is CCCc1ccc(C(N)CCc2ccc(OC)cc2)cc1. The number of hydrogen-bond donors (Lipinski definition) is 1. The van der Waals surface area contributed by atoms with Crippen LogP contribution in [0.3, 0.4) is 0 Å². The zero-order valence-electron chi connectivity index (χ0n) is 13.0. The molecule has 0 aliphatic carbocycles. The van der Waals surface area contributed by atoms with E-state index in [1.807, 2.05) is 12.1 Å². The van der Waals surface area contributed by atoms with Crippen LogP contribution in [0.1, 0.15) is 42.5 Å². The molecule has 2 aromatic rings. The van der Waals surface area contributed by atoms with E-state index < -0.39 is 0 Å². The molecular weight excluding hydrogens is 258 g/mol. The molecule has 2 rings (SSSR count). The molecule has 112 valence electrons. The number of aryl methyl sites for hydroxylation is 2. The summed E-state index contributed by atoms with van der Waals surface area (Å²) in [7, 11) is 1.69. The first-order chi connectivity index (χ1) is 10.2. The molecule has 2 N–H and O–H groups in total. The van der Waals surface area contributed by atoms with Crippen LogP contribution in [-0.4, -0.2) is 7.11 Å². The smallest absolute Gasteiger partial charge is 0.118 e. The van der Waals surface area contributed by atoms with Gasteiger partial charge in [0.1, 0.15) is 5.75 Å². The second-order valence-electron chi connectivity index (χ2n) is 5.48. The van der Waals surface area contributed by atoms with Gasteiger partial charge in [-0.15, -0.1) is 0 Å². The van der Waals surface area contributed by atoms with E-state index >= 15 is 0 Å². The fraction of sp³-hybridized carbons (Fsp3) is 0.368. The third-order valence-electron chi connectivity index (χ3n) is 3.85. The molecule has 0 saturated carbocycles. The molecule has 0 spiro atoms. The minimum atomic E-state index is 0.0998. The summed E-state index contributed by atoms with van der Waals surface area (Å²) < 4.78 is 5.17. The quantitative estimate of drug-likeness (QED) is 0.823. The summed E-state index contributed by atoms with van der Waals surface area (Å²) in [6.45, 7) is 2.20. The Morgan fingerprint density at radius 3 is 2.05 bits per heavy atom. The van der Waals surface area contributed by atoms with E-state index in [-0.39, 0.29) is 6.04 Å². The zero-order valence-corrected chi connectivity index (χ0v) is 13.0. The summed E-state index contributed by atoms with van der Waals surface area (Å²) in [5.41, 5.74) is 10.2. The van der Waals surface area contributed by atoms with Crippen LogP contribution in [-0.2, 0) is 12.8 Å². The van der Waals surface area contributed by atoms with E-state index in [0.717, 1.165) is 25.0 Å². The molecule has 0 radical (unpaired) electrons. The van der Waals surface area contributed by atoms with Crippen LogP contribution in [0.5, 0.6) is 5.75 Å². The lowest BCUT2D eigenvalue weighted by atomic mass is 9.98. The van der Waals surface area contributed by atoms with E-state index in [4.69, 9.17) is 10.5 Å². The lowest BCUT2D eigenvalue weighted by Crippen LogP contribution is -2.11. The van der Waals surface area contributed by atoms with Gasteiger partial charge in [-0.05, 0) is 48.1 Å². The van der Waals surface area contributed by atoms with E-state index in [9.17, 15) is 0 Å². The lowest BCUT2D eigenvalue weighted by molar-refractivity contribution is 0.414. The van der Waals surface area contributed by atoms with Gasteiger partial charge < -0.3 is 10.5 Å². The first-order valence-corrected chi connectivity index (χ1v) is 7.70. The highest BCUT2D eigenvalue weighted by Gasteiger charge is 2.06. The van der Waals surface area contributed by atoms with Crippen molar-refractivity contribution in [2.24, 2.45) is 5.73 Å². The molecule has 0 fully saturated rings. The molecule has 0 aliphatic rings. The summed E-state index contributed by atoms with van der Waals surface area (Å²) in [6, 6.07) is 17.1. The minimum absolute atomic E-state index is 0.0998. The van der Waals surface area contributed by atoms with Crippen LogP contribution in [0.15, 0.2) is 48.5 Å². The highest BCUT2D eigenvalue weighted by Crippen LogP contribution is 2.19. The minimum Gasteiger partial charge on any atom is -0.497 e. The van der Waals surface area contributed by atoms with Crippen LogP contribution in [0.25, 0.3) is 0 Å². The number of methoxy groups -OCH3 is 1. The Labute approximate surface area is 127 Å². The first-order valence-electron chi connectivity index (χ1n) is 7.70. The maximum atomic E-state index is 6.30. The van der Waals surface area contributed by atoms with Crippen LogP contribution in [0.2, 0.25) is 0 Å². The van der Waals surface area contributed by atoms with Crippen molar-refractivity contribution in [3.8, 4) is 5.75 Å². The Hall–Kier alpha value is -1.80. The normalized spacial score (nSPS) is 12.1. The Bertz CT molecular complexity index is 530. The first kappa shape index (κ1) is 15.6. The van der Waals surface area contributed by atoms with E-state index in [1.54, 1.807) is 7.11 Å². The molecule has 0 aliphatic heterocycles. The topological polar surface area (TPSA) is 35.2 Å². The summed E-state index contributed by atoms with van der Waals surface area (Å²) in [5.74, 6) is 0.898. The highest BCUT2D eigenvalue weighted by molar-refractivity contribution is 5.28. The zero-order chi connectivity index (χ0) is 15.1. The Balaban J connectivity index is 1.89. The average Bonchev–Trinajstić information content (AvgIpc) is 2.54. The molecule has 2 nitrogen and oxygen atoms in total. The van der Waals surface area contributed by atoms with Crippen molar-refractivity contribution in [1.82, 2.24) is 0 Å². The van der Waals surface area contributed by atoms with Gasteiger partial charge in [0, 0.05) is 6.04 Å². The van der Waals surface area contributed by atoms with E-state index in [2.05, 4.69) is 43.3 Å². The third-order valence-corrected chi connectivity index (χ3v) is 3.85. The van der Waals surface area contributed by atoms with Crippen LogP contribution >= 0.6 is 0 Å². The number of nitrogens with two attached hydrogens (primary N) is 1. The van der Waals surface area contributed by atoms with Crippen molar-refractivity contribution in [3.05, 3.63) is 65.2 Å². The maximum absolute atomic E-state index is 6.30. The van der Waals surface area contributed by atoms with Crippen molar-refractivity contribution in [1.29, 1.82) is 0 Å². The molecule has 1 atom stereocenters. The van der Waals surface area contributed by atoms with Crippen molar-refractivity contribution >= 4 is 0 Å². The fourth-order valence-corrected chi connectivity index (χ4v) is 2.50. The van der Waals surface area contributed by atoms with Crippen molar-refractivity contribution < 1.29 is 4.74 Å². The predicted molar refractivity (Wildman–Crippen MR) is 88.7 cm³/mol. The summed E-state index contributed by atoms with van der Waals surface area (Å²) >= 11 is 0. The molecule has 0 heterocycles. The van der Waals surface area contributed by atoms with Gasteiger partial charge in [-0.1, -0.05) is 49.7 Å². The summed E-state index contributed by atoms with van der Waals surface area (Å²) in [6.07, 6.45) is 4.27. The van der Waals surface area contributed by atoms with Gasteiger partial charge in [-0.25, -0.2) is 0 Å². The number of hydrogen-bond acceptors (Lipinski definition) is 2. The van der Waals surface area contributed by atoms with Crippen molar-refractivity contribution in [2.45, 2.75) is 38.6 Å². The van der Waals surface area contributed by atoms with Gasteiger partial charge in [-0.3, -0.25) is 0 Å². The van der Waals surface area contributed by atoms with Gasteiger partial charge in [0.2, 0.25) is 0 Å². The number of rotatable bonds is 7. The van der Waals surface area contributed by atoms with Gasteiger partial charge in [0.25, 0.3) is 0 Å². The van der Waals surface area contributed by atoms with Crippen molar-refractivity contribution in [3.63, 3.8) is 0 Å². The highest BCUT2D eigenvalue weighted by atomic mass is 16.5. The fourth-order valence-electron chi connectivity index (χ4n) is 2.50. The van der Waals surface area contributed by atoms with E-state index in [1.165, 1.54) is 23.1 Å². The lowest BCUT2D eigenvalue weighted by Gasteiger charge is -2.13. The second-order valence-corrected chi connectivity index (χ2v) is 5.48.